The number of anilines is 1. The number of amides is 1. The number of hydrogen-bond acceptors (Lipinski definition) is 3. The van der Waals surface area contributed by atoms with Gasteiger partial charge >= 0.3 is 0 Å². The van der Waals surface area contributed by atoms with Crippen molar-refractivity contribution in [2.45, 2.75) is 0 Å². The monoisotopic (exact) mass is 309 g/mol. The van der Waals surface area contributed by atoms with Gasteiger partial charge in [-0.15, -0.1) is 0 Å². The molecule has 1 amide bonds. The second-order valence-corrected chi connectivity index (χ2v) is 4.52. The van der Waals surface area contributed by atoms with Crippen LogP contribution in [0.15, 0.2) is 42.5 Å². The van der Waals surface area contributed by atoms with Crippen molar-refractivity contribution < 1.29 is 18.7 Å². The van der Waals surface area contributed by atoms with E-state index in [1.54, 1.807) is 24.3 Å². The molecule has 0 saturated heterocycles. The van der Waals surface area contributed by atoms with Crippen molar-refractivity contribution >= 4 is 23.2 Å². The number of carbonyl (C=O) groups excluding carboxylic acids is 1. The Labute approximate surface area is 126 Å². The van der Waals surface area contributed by atoms with E-state index in [0.717, 1.165) is 0 Å². The highest BCUT2D eigenvalue weighted by Crippen LogP contribution is 2.23. The smallest absolute Gasteiger partial charge is 0.262 e. The Bertz CT molecular complexity index is 649. The Morgan fingerprint density at radius 3 is 2.76 bits per heavy atom. The van der Waals surface area contributed by atoms with E-state index in [1.807, 2.05) is 0 Å². The van der Waals surface area contributed by atoms with Crippen LogP contribution in [-0.4, -0.2) is 19.6 Å². The Kier molecular flexibility index (Phi) is 5.00. The minimum atomic E-state index is -0.539. The van der Waals surface area contributed by atoms with E-state index >= 15 is 0 Å². The molecule has 2 rings (SSSR count). The molecule has 2 aromatic rings. The molecule has 110 valence electrons. The third-order valence-corrected chi connectivity index (χ3v) is 2.93. The fourth-order valence-electron chi connectivity index (χ4n) is 1.65. The van der Waals surface area contributed by atoms with Crippen LogP contribution in [0.1, 0.15) is 0 Å². The van der Waals surface area contributed by atoms with Crippen molar-refractivity contribution in [3.63, 3.8) is 0 Å². The first kappa shape index (κ1) is 15.1. The molecule has 2 aromatic carbocycles. The lowest BCUT2D eigenvalue weighted by Crippen LogP contribution is -2.20. The van der Waals surface area contributed by atoms with Gasteiger partial charge in [-0.3, -0.25) is 4.79 Å². The SMILES string of the molecule is COc1ccccc1NC(=O)COc1ccc(F)c(Cl)c1. The minimum Gasteiger partial charge on any atom is -0.495 e. The van der Waals surface area contributed by atoms with Crippen molar-refractivity contribution in [1.82, 2.24) is 0 Å². The largest absolute Gasteiger partial charge is 0.495 e. The zero-order valence-electron chi connectivity index (χ0n) is 11.2. The summed E-state index contributed by atoms with van der Waals surface area (Å²) in [6.07, 6.45) is 0. The van der Waals surface area contributed by atoms with Crippen LogP contribution in [0.3, 0.4) is 0 Å². The van der Waals surface area contributed by atoms with Crippen LogP contribution in [0, 0.1) is 5.82 Å². The van der Waals surface area contributed by atoms with E-state index < -0.39 is 5.82 Å². The van der Waals surface area contributed by atoms with Crippen LogP contribution in [0.25, 0.3) is 0 Å². The summed E-state index contributed by atoms with van der Waals surface area (Å²) in [5.41, 5.74) is 0.547. The molecule has 0 aliphatic carbocycles. The quantitative estimate of drug-likeness (QED) is 0.919. The molecule has 0 saturated carbocycles. The number of methoxy groups -OCH3 is 1. The zero-order chi connectivity index (χ0) is 15.2. The lowest BCUT2D eigenvalue weighted by Gasteiger charge is -2.10. The summed E-state index contributed by atoms with van der Waals surface area (Å²) in [6, 6.07) is 10.9. The van der Waals surface area contributed by atoms with E-state index in [0.29, 0.717) is 17.2 Å². The van der Waals surface area contributed by atoms with Crippen LogP contribution < -0.4 is 14.8 Å². The van der Waals surface area contributed by atoms with Crippen molar-refractivity contribution in [2.24, 2.45) is 0 Å². The van der Waals surface area contributed by atoms with Gasteiger partial charge in [-0.25, -0.2) is 4.39 Å². The first-order valence-electron chi connectivity index (χ1n) is 6.11. The normalized spacial score (nSPS) is 10.0. The fourth-order valence-corrected chi connectivity index (χ4v) is 1.82. The summed E-state index contributed by atoms with van der Waals surface area (Å²) in [4.78, 5) is 11.8. The van der Waals surface area contributed by atoms with Gasteiger partial charge in [0.25, 0.3) is 5.91 Å². The Hall–Kier alpha value is -2.27. The van der Waals surface area contributed by atoms with Crippen LogP contribution in [0.2, 0.25) is 5.02 Å². The summed E-state index contributed by atoms with van der Waals surface area (Å²) in [5.74, 6) is -0.0327. The molecule has 1 N–H and O–H groups in total. The molecular weight excluding hydrogens is 297 g/mol. The number of benzene rings is 2. The third kappa shape index (κ3) is 4.10. The van der Waals surface area contributed by atoms with Crippen molar-refractivity contribution in [3.05, 3.63) is 53.3 Å². The van der Waals surface area contributed by atoms with Gasteiger partial charge in [0.05, 0.1) is 17.8 Å². The molecule has 0 aliphatic heterocycles. The third-order valence-electron chi connectivity index (χ3n) is 2.64. The van der Waals surface area contributed by atoms with Crippen LogP contribution in [0.4, 0.5) is 10.1 Å². The van der Waals surface area contributed by atoms with Crippen molar-refractivity contribution in [1.29, 1.82) is 0 Å². The van der Waals surface area contributed by atoms with Crippen LogP contribution >= 0.6 is 11.6 Å². The molecule has 21 heavy (non-hydrogen) atoms. The molecule has 0 spiro atoms. The number of carbonyl (C=O) groups is 1. The summed E-state index contributed by atoms with van der Waals surface area (Å²) in [7, 11) is 1.52. The first-order valence-corrected chi connectivity index (χ1v) is 6.48. The number of para-hydroxylation sites is 2. The molecule has 4 nitrogen and oxygen atoms in total. The van der Waals surface area contributed by atoms with E-state index in [4.69, 9.17) is 21.1 Å². The lowest BCUT2D eigenvalue weighted by atomic mass is 10.3. The summed E-state index contributed by atoms with van der Waals surface area (Å²) < 4.78 is 23.4. The molecule has 0 fully saturated rings. The van der Waals surface area contributed by atoms with Gasteiger partial charge in [-0.2, -0.15) is 0 Å². The predicted octanol–water partition coefficient (Wildman–Crippen LogP) is 3.51. The molecule has 0 bridgehead atoms. The van der Waals surface area contributed by atoms with E-state index in [9.17, 15) is 9.18 Å². The molecule has 0 aliphatic rings. The van der Waals surface area contributed by atoms with Crippen LogP contribution in [0.5, 0.6) is 11.5 Å². The van der Waals surface area contributed by atoms with Gasteiger partial charge in [0.2, 0.25) is 0 Å². The van der Waals surface area contributed by atoms with Crippen LogP contribution in [-0.2, 0) is 4.79 Å². The lowest BCUT2D eigenvalue weighted by molar-refractivity contribution is -0.118. The fraction of sp³-hybridized carbons (Fsp3) is 0.133. The average molecular weight is 310 g/mol. The summed E-state index contributed by atoms with van der Waals surface area (Å²) in [5, 5.41) is 2.60. The number of rotatable bonds is 5. The van der Waals surface area contributed by atoms with Gasteiger partial charge in [0, 0.05) is 6.07 Å². The molecular formula is C15H13ClFNO3. The second-order valence-electron chi connectivity index (χ2n) is 4.11. The van der Waals surface area contributed by atoms with E-state index in [1.165, 1.54) is 25.3 Å². The van der Waals surface area contributed by atoms with Gasteiger partial charge in [-0.1, -0.05) is 23.7 Å². The standard InChI is InChI=1S/C15H13ClFNO3/c1-20-14-5-3-2-4-13(14)18-15(19)9-21-10-6-7-12(17)11(16)8-10/h2-8H,9H2,1H3,(H,18,19). The molecule has 0 aromatic heterocycles. The second kappa shape index (κ2) is 6.95. The van der Waals surface area contributed by atoms with Gasteiger partial charge in [-0.05, 0) is 24.3 Å². The molecule has 0 unspecified atom stereocenters. The minimum absolute atomic E-state index is 0.0577. The molecule has 0 radical (unpaired) electrons. The van der Waals surface area contributed by atoms with Gasteiger partial charge in [0.1, 0.15) is 17.3 Å². The Morgan fingerprint density at radius 1 is 1.29 bits per heavy atom. The first-order chi connectivity index (χ1) is 10.1. The van der Waals surface area contributed by atoms with Gasteiger partial charge in [0.15, 0.2) is 6.61 Å². The number of nitrogens with one attached hydrogen (secondary N) is 1. The predicted molar refractivity (Wildman–Crippen MR) is 78.5 cm³/mol. The highest BCUT2D eigenvalue weighted by atomic mass is 35.5. The van der Waals surface area contributed by atoms with Crippen molar-refractivity contribution in [2.75, 3.05) is 19.0 Å². The highest BCUT2D eigenvalue weighted by molar-refractivity contribution is 6.30. The van der Waals surface area contributed by atoms with E-state index in [-0.39, 0.29) is 17.5 Å². The number of ether oxygens (including phenoxy) is 2. The number of hydrogen-bond donors (Lipinski definition) is 1. The Morgan fingerprint density at radius 2 is 2.05 bits per heavy atom. The molecule has 0 atom stereocenters. The number of halogens is 2. The van der Waals surface area contributed by atoms with E-state index in [2.05, 4.69) is 5.32 Å². The van der Waals surface area contributed by atoms with Crippen molar-refractivity contribution in [3.8, 4) is 11.5 Å². The molecule has 6 heteroatoms. The topological polar surface area (TPSA) is 47.6 Å². The zero-order valence-corrected chi connectivity index (χ0v) is 12.0. The maximum atomic E-state index is 13.0. The summed E-state index contributed by atoms with van der Waals surface area (Å²) in [6.45, 7) is -0.222. The average Bonchev–Trinajstić information content (AvgIpc) is 2.49. The maximum Gasteiger partial charge on any atom is 0.262 e. The molecule has 0 heterocycles. The van der Waals surface area contributed by atoms with Gasteiger partial charge < -0.3 is 14.8 Å². The highest BCUT2D eigenvalue weighted by Gasteiger charge is 2.08. The Balaban J connectivity index is 1.94. The summed E-state index contributed by atoms with van der Waals surface area (Å²) >= 11 is 5.63. The maximum absolute atomic E-state index is 13.0.